The number of aliphatic carboxylic acids is 1. The Morgan fingerprint density at radius 1 is 0.894 bits per heavy atom. The summed E-state index contributed by atoms with van der Waals surface area (Å²) in [6, 6.07) is 7.21. The van der Waals surface area contributed by atoms with Crippen LogP contribution in [0.4, 0.5) is 0 Å². The maximum absolute atomic E-state index is 14.4. The first kappa shape index (κ1) is 34.2. The Balaban J connectivity index is 1.18. The number of nitrogens with one attached hydrogen (secondary N) is 2. The second-order valence-corrected chi connectivity index (χ2v) is 17.4. The van der Waals surface area contributed by atoms with Crippen LogP contribution in [0.3, 0.4) is 0 Å². The number of allylic oxidation sites excluding steroid dienone is 1. The zero-order valence-electron chi connectivity index (χ0n) is 29.4. The highest BCUT2D eigenvalue weighted by atomic mass is 16.4. The molecule has 258 valence electrons. The highest BCUT2D eigenvalue weighted by Gasteiger charge is 2.68. The lowest BCUT2D eigenvalue weighted by Gasteiger charge is -2.69. The largest absolute Gasteiger partial charge is 0.480 e. The van der Waals surface area contributed by atoms with Gasteiger partial charge < -0.3 is 20.8 Å². The van der Waals surface area contributed by atoms with Crippen molar-refractivity contribution in [1.82, 2.24) is 10.6 Å². The quantitative estimate of drug-likeness (QED) is 0.232. The zero-order chi connectivity index (χ0) is 33.9. The highest BCUT2D eigenvalue weighted by Crippen LogP contribution is 2.73. The number of hydrogen-bond donors (Lipinski definition) is 4. The first-order chi connectivity index (χ1) is 22.1. The van der Waals surface area contributed by atoms with Gasteiger partial charge in [0.1, 0.15) is 6.54 Å². The van der Waals surface area contributed by atoms with Crippen LogP contribution < -0.4 is 10.6 Å². The molecule has 0 bridgehead atoms. The van der Waals surface area contributed by atoms with Crippen molar-refractivity contribution in [3.63, 3.8) is 0 Å². The topological polar surface area (TPSA) is 116 Å². The van der Waals surface area contributed by atoms with Gasteiger partial charge in [-0.1, -0.05) is 52.0 Å². The predicted octanol–water partition coefficient (Wildman–Crippen LogP) is 6.79. The number of benzene rings is 1. The first-order valence-electron chi connectivity index (χ1n) is 18.4. The normalized spacial score (nSPS) is 40.2. The van der Waals surface area contributed by atoms with Crippen molar-refractivity contribution in [2.45, 2.75) is 111 Å². The number of hydrogen-bond acceptors (Lipinski definition) is 4. The molecular formula is C40H58N2O5. The van der Waals surface area contributed by atoms with E-state index in [4.69, 9.17) is 5.11 Å². The molecular weight excluding hydrogens is 588 g/mol. The predicted molar refractivity (Wildman–Crippen MR) is 183 cm³/mol. The molecule has 5 fully saturated rings. The van der Waals surface area contributed by atoms with Gasteiger partial charge in [-0.05, 0) is 147 Å². The molecule has 1 aromatic rings. The van der Waals surface area contributed by atoms with E-state index in [2.05, 4.69) is 51.8 Å². The van der Waals surface area contributed by atoms with Crippen LogP contribution in [-0.2, 0) is 16.0 Å². The molecule has 0 radical (unpaired) electrons. The number of carbonyl (C=O) groups is 3. The molecule has 5 saturated carbocycles. The van der Waals surface area contributed by atoms with Gasteiger partial charge in [-0.25, -0.2) is 0 Å². The van der Waals surface area contributed by atoms with Crippen molar-refractivity contribution in [2.75, 3.05) is 13.1 Å². The summed E-state index contributed by atoms with van der Waals surface area (Å²) in [7, 11) is 0. The number of carboxylic acids is 1. The Morgan fingerprint density at radius 2 is 1.62 bits per heavy atom. The molecule has 10 atom stereocenters. The van der Waals surface area contributed by atoms with Crippen LogP contribution in [0.25, 0.3) is 0 Å². The minimum atomic E-state index is -1.08. The van der Waals surface area contributed by atoms with Crippen molar-refractivity contribution in [1.29, 1.82) is 0 Å². The maximum atomic E-state index is 14.4. The van der Waals surface area contributed by atoms with E-state index in [1.54, 1.807) is 18.2 Å². The third-order valence-electron chi connectivity index (χ3n) is 14.9. The summed E-state index contributed by atoms with van der Waals surface area (Å²) < 4.78 is 0. The van der Waals surface area contributed by atoms with Crippen molar-refractivity contribution in [2.24, 2.45) is 57.2 Å². The SMILES string of the molecule is C=C(C)C1CCC2(C(=O)NCCc3cccc(C(=O)NCC(=O)O)c3)CCC3C(CCC4C3(C)CCC3C(C)(C)C(O)CCC34C)C12. The lowest BCUT2D eigenvalue weighted by molar-refractivity contribution is -0.216. The van der Waals surface area contributed by atoms with E-state index in [1.165, 1.54) is 31.3 Å². The number of amides is 2. The molecule has 7 heteroatoms. The number of carbonyl (C=O) groups excluding carboxylic acids is 2. The molecule has 0 aliphatic heterocycles. The van der Waals surface area contributed by atoms with Gasteiger partial charge in [0.15, 0.2) is 0 Å². The summed E-state index contributed by atoms with van der Waals surface area (Å²) in [6.45, 7) is 16.5. The van der Waals surface area contributed by atoms with Crippen LogP contribution in [0, 0.1) is 57.2 Å². The number of fused-ring (bicyclic) bond motifs is 7. The van der Waals surface area contributed by atoms with Crippen molar-refractivity contribution >= 4 is 17.8 Å². The van der Waals surface area contributed by atoms with Crippen LogP contribution >= 0.6 is 0 Å². The molecule has 2 amide bonds. The summed E-state index contributed by atoms with van der Waals surface area (Å²) in [5.41, 5.74) is 2.70. The van der Waals surface area contributed by atoms with Crippen LogP contribution in [0.2, 0.25) is 0 Å². The molecule has 4 N–H and O–H groups in total. The van der Waals surface area contributed by atoms with E-state index >= 15 is 0 Å². The van der Waals surface area contributed by atoms with Crippen LogP contribution in [0.5, 0.6) is 0 Å². The minimum Gasteiger partial charge on any atom is -0.480 e. The van der Waals surface area contributed by atoms with Crippen LogP contribution in [0.15, 0.2) is 36.4 Å². The van der Waals surface area contributed by atoms with E-state index in [9.17, 15) is 19.5 Å². The Bertz CT molecular complexity index is 1420. The number of aliphatic hydroxyl groups excluding tert-OH is 1. The summed E-state index contributed by atoms with van der Waals surface area (Å²) in [5.74, 6) is 1.78. The van der Waals surface area contributed by atoms with Crippen LogP contribution in [0.1, 0.15) is 115 Å². The van der Waals surface area contributed by atoms with Gasteiger partial charge >= 0.3 is 5.97 Å². The average molecular weight is 647 g/mol. The summed E-state index contributed by atoms with van der Waals surface area (Å²) in [4.78, 5) is 37.6. The van der Waals surface area contributed by atoms with Gasteiger partial charge in [0, 0.05) is 12.1 Å². The number of aliphatic hydroxyl groups is 1. The maximum Gasteiger partial charge on any atom is 0.322 e. The third kappa shape index (κ3) is 5.56. The molecule has 0 saturated heterocycles. The Labute approximate surface area is 281 Å². The van der Waals surface area contributed by atoms with Gasteiger partial charge in [-0.15, -0.1) is 0 Å². The van der Waals surface area contributed by atoms with E-state index < -0.39 is 18.4 Å². The fourth-order valence-electron chi connectivity index (χ4n) is 12.8. The van der Waals surface area contributed by atoms with Gasteiger partial charge in [0.2, 0.25) is 5.91 Å². The molecule has 0 spiro atoms. The third-order valence-corrected chi connectivity index (χ3v) is 14.9. The highest BCUT2D eigenvalue weighted by molar-refractivity contribution is 5.95. The average Bonchev–Trinajstić information content (AvgIpc) is 3.44. The zero-order valence-corrected chi connectivity index (χ0v) is 29.4. The standard InChI is InChI=1S/C40H58N2O5/c1-24(2)27-12-19-40(36(47)41-21-16-25-8-7-9-26(22-25)35(46)42-23-33(44)45)20-13-29-28(34(27)40)10-11-31-38(29,5)17-14-30-37(3,4)32(43)15-18-39(30,31)6/h7-9,22,27-32,34,43H,1,10-21,23H2,2-6H3,(H,41,47)(H,42,46)(H,44,45). The van der Waals surface area contributed by atoms with Gasteiger partial charge in [-0.3, -0.25) is 14.4 Å². The molecule has 5 aliphatic carbocycles. The molecule has 0 heterocycles. The van der Waals surface area contributed by atoms with Gasteiger partial charge in [0.25, 0.3) is 5.91 Å². The lowest BCUT2D eigenvalue weighted by atomic mass is 9.36. The summed E-state index contributed by atoms with van der Waals surface area (Å²) in [5, 5.41) is 25.7. The van der Waals surface area contributed by atoms with Crippen LogP contribution in [-0.4, -0.2) is 47.2 Å². The fourth-order valence-corrected chi connectivity index (χ4v) is 12.8. The van der Waals surface area contributed by atoms with Crippen molar-refractivity contribution < 1.29 is 24.6 Å². The number of rotatable bonds is 8. The van der Waals surface area contributed by atoms with Gasteiger partial charge in [-0.2, -0.15) is 0 Å². The molecule has 5 aliphatic rings. The fraction of sp³-hybridized carbons (Fsp3) is 0.725. The Kier molecular flexibility index (Phi) is 8.98. The second-order valence-electron chi connectivity index (χ2n) is 17.4. The van der Waals surface area contributed by atoms with E-state index in [-0.39, 0.29) is 33.7 Å². The van der Waals surface area contributed by atoms with E-state index in [1.807, 2.05) is 6.07 Å². The smallest absolute Gasteiger partial charge is 0.322 e. The molecule has 1 aromatic carbocycles. The van der Waals surface area contributed by atoms with Crippen molar-refractivity contribution in [3.05, 3.63) is 47.5 Å². The molecule has 6 rings (SSSR count). The summed E-state index contributed by atoms with van der Waals surface area (Å²) >= 11 is 0. The molecule has 10 unspecified atom stereocenters. The van der Waals surface area contributed by atoms with E-state index in [0.717, 1.165) is 44.1 Å². The monoisotopic (exact) mass is 646 g/mol. The lowest BCUT2D eigenvalue weighted by Crippen LogP contribution is -2.64. The van der Waals surface area contributed by atoms with E-state index in [0.29, 0.717) is 54.0 Å². The Morgan fingerprint density at radius 3 is 2.34 bits per heavy atom. The minimum absolute atomic E-state index is 0.0461. The Hall–Kier alpha value is -2.67. The molecule has 47 heavy (non-hydrogen) atoms. The first-order valence-corrected chi connectivity index (χ1v) is 18.4. The number of carboxylic acid groups (broad SMARTS) is 1. The van der Waals surface area contributed by atoms with Gasteiger partial charge in [0.05, 0.1) is 11.5 Å². The molecule has 0 aromatic heterocycles. The van der Waals surface area contributed by atoms with Crippen molar-refractivity contribution in [3.8, 4) is 0 Å². The second kappa shape index (κ2) is 12.3. The summed E-state index contributed by atoms with van der Waals surface area (Å²) in [6.07, 6.45) is 11.3. The molecule has 7 nitrogen and oxygen atoms in total.